The number of nitrogens with one attached hydrogen (secondary N) is 1. The van der Waals surface area contributed by atoms with Crippen molar-refractivity contribution in [3.63, 3.8) is 0 Å². The fraction of sp³-hybridized carbons (Fsp3) is 0.591. The summed E-state index contributed by atoms with van der Waals surface area (Å²) in [5.41, 5.74) is 1.71. The number of aliphatic imine (C=N–C) groups is 1. The van der Waals surface area contributed by atoms with Crippen LogP contribution in [0.3, 0.4) is 0 Å². The van der Waals surface area contributed by atoms with Gasteiger partial charge in [-0.2, -0.15) is 31.3 Å². The molecule has 1 unspecified atom stereocenters. The molecule has 3 fully saturated rings. The van der Waals surface area contributed by atoms with Gasteiger partial charge in [0.1, 0.15) is 0 Å². The smallest absolute Gasteiger partial charge is 0.326 e. The quantitative estimate of drug-likeness (QED) is 0.548. The van der Waals surface area contributed by atoms with Crippen LogP contribution in [0, 0.1) is 5.92 Å². The van der Waals surface area contributed by atoms with E-state index in [0.717, 1.165) is 5.70 Å². The van der Waals surface area contributed by atoms with Gasteiger partial charge in [0, 0.05) is 73.0 Å². The number of thiazole rings is 1. The third-order valence-electron chi connectivity index (χ3n) is 7.52. The standard InChI is InChI=1S/C22H25F4N7O2S2/c1-12-6-14-8-22(25,26)9-18(12)33(14)37(34,35)30-13-7-17-15(16-2-4-32(29-16)21(23)24)10-28-19(31(17)11-13)20-27-3-5-36-20/h2-5,12-14,18,21,30H,6-11H2,1H3/t12-,13-,14?,18+/m0/s1. The van der Waals surface area contributed by atoms with E-state index < -0.39 is 53.6 Å². The summed E-state index contributed by atoms with van der Waals surface area (Å²) >= 11 is 1.39. The monoisotopic (exact) mass is 559 g/mol. The maximum absolute atomic E-state index is 14.2. The zero-order valence-corrected chi connectivity index (χ0v) is 21.4. The summed E-state index contributed by atoms with van der Waals surface area (Å²) in [5.74, 6) is -2.46. The molecule has 0 radical (unpaired) electrons. The van der Waals surface area contributed by atoms with Crippen LogP contribution in [0.5, 0.6) is 0 Å². The van der Waals surface area contributed by atoms with E-state index in [9.17, 15) is 26.0 Å². The molecule has 37 heavy (non-hydrogen) atoms. The van der Waals surface area contributed by atoms with Gasteiger partial charge >= 0.3 is 6.55 Å². The molecule has 200 valence electrons. The minimum atomic E-state index is -4.06. The molecule has 0 saturated carbocycles. The van der Waals surface area contributed by atoms with Crippen molar-refractivity contribution in [2.45, 2.75) is 63.2 Å². The molecule has 2 bridgehead atoms. The molecule has 15 heteroatoms. The molecule has 6 rings (SSSR count). The zero-order valence-electron chi connectivity index (χ0n) is 19.8. The van der Waals surface area contributed by atoms with Crippen LogP contribution < -0.4 is 4.72 Å². The van der Waals surface area contributed by atoms with Gasteiger partial charge in [0.25, 0.3) is 16.1 Å². The maximum atomic E-state index is 14.2. The Bertz CT molecular complexity index is 1360. The normalized spacial score (nSPS) is 29.8. The van der Waals surface area contributed by atoms with E-state index in [-0.39, 0.29) is 25.4 Å². The van der Waals surface area contributed by atoms with Gasteiger partial charge in [-0.05, 0) is 18.4 Å². The fourth-order valence-corrected chi connectivity index (χ4v) is 8.60. The highest BCUT2D eigenvalue weighted by Gasteiger charge is 2.56. The molecule has 0 aliphatic carbocycles. The van der Waals surface area contributed by atoms with Crippen LogP contribution in [0.15, 0.2) is 34.5 Å². The van der Waals surface area contributed by atoms with Gasteiger partial charge in [0.15, 0.2) is 10.8 Å². The molecule has 4 aliphatic rings. The molecule has 4 aliphatic heterocycles. The Balaban J connectivity index is 1.29. The molecule has 0 spiro atoms. The second-order valence-corrected chi connectivity index (χ2v) is 12.5. The van der Waals surface area contributed by atoms with Gasteiger partial charge in [0.05, 0.1) is 12.2 Å². The molecule has 2 aromatic rings. The Labute approximate surface area is 215 Å². The van der Waals surface area contributed by atoms with Crippen LogP contribution in [0.4, 0.5) is 17.6 Å². The van der Waals surface area contributed by atoms with Gasteiger partial charge < -0.3 is 4.90 Å². The fourth-order valence-electron chi connectivity index (χ4n) is 6.06. The highest BCUT2D eigenvalue weighted by Crippen LogP contribution is 2.47. The van der Waals surface area contributed by atoms with Crippen molar-refractivity contribution < 1.29 is 26.0 Å². The van der Waals surface area contributed by atoms with E-state index in [0.29, 0.717) is 33.2 Å². The van der Waals surface area contributed by atoms with Crippen LogP contribution in [0.25, 0.3) is 5.57 Å². The van der Waals surface area contributed by atoms with Gasteiger partial charge in [-0.3, -0.25) is 4.99 Å². The van der Waals surface area contributed by atoms with Crippen LogP contribution in [-0.2, 0) is 10.2 Å². The van der Waals surface area contributed by atoms with E-state index >= 15 is 0 Å². The van der Waals surface area contributed by atoms with E-state index in [1.807, 2.05) is 11.8 Å². The summed E-state index contributed by atoms with van der Waals surface area (Å²) in [5, 5.41) is 6.45. The Kier molecular flexibility index (Phi) is 5.97. The van der Waals surface area contributed by atoms with Crippen molar-refractivity contribution in [1.29, 1.82) is 0 Å². The number of piperidine rings is 1. The number of amidine groups is 1. The lowest BCUT2D eigenvalue weighted by Crippen LogP contribution is -2.56. The van der Waals surface area contributed by atoms with Crippen LogP contribution in [0.1, 0.15) is 49.9 Å². The zero-order chi connectivity index (χ0) is 26.1. The van der Waals surface area contributed by atoms with Gasteiger partial charge in [-0.25, -0.2) is 18.4 Å². The molecular weight excluding hydrogens is 534 g/mol. The van der Waals surface area contributed by atoms with Gasteiger partial charge in [-0.1, -0.05) is 6.92 Å². The number of alkyl halides is 4. The third-order valence-corrected chi connectivity index (χ3v) is 10.0. The number of hydrogen-bond donors (Lipinski definition) is 1. The second kappa shape index (κ2) is 8.85. The molecule has 4 atom stereocenters. The third kappa shape index (κ3) is 4.38. The SMILES string of the molecule is C[C@H]1CC2CC(F)(F)C[C@H]1N2S(=O)(=O)N[C@H]1CC2=C(c3ccn(C(F)F)n3)CN=C(c3nccs3)N2C1. The lowest BCUT2D eigenvalue weighted by molar-refractivity contribution is -0.0656. The summed E-state index contributed by atoms with van der Waals surface area (Å²) in [6.07, 6.45) is 2.55. The van der Waals surface area contributed by atoms with Gasteiger partial charge in [0.2, 0.25) is 0 Å². The van der Waals surface area contributed by atoms with Crippen molar-refractivity contribution in [1.82, 2.24) is 28.7 Å². The summed E-state index contributed by atoms with van der Waals surface area (Å²) in [7, 11) is -4.06. The van der Waals surface area contributed by atoms with Crippen molar-refractivity contribution in [3.05, 3.63) is 40.2 Å². The van der Waals surface area contributed by atoms with E-state index in [1.165, 1.54) is 27.9 Å². The second-order valence-electron chi connectivity index (χ2n) is 10.0. The molecular formula is C22H25F4N7O2S2. The summed E-state index contributed by atoms with van der Waals surface area (Å²) in [4.78, 5) is 10.8. The number of aromatic nitrogens is 3. The van der Waals surface area contributed by atoms with E-state index in [2.05, 4.69) is 19.8 Å². The highest BCUT2D eigenvalue weighted by molar-refractivity contribution is 7.87. The average molecular weight is 560 g/mol. The first kappa shape index (κ1) is 24.9. The molecule has 9 nitrogen and oxygen atoms in total. The summed E-state index contributed by atoms with van der Waals surface area (Å²) in [6, 6.07) is -0.588. The minimum absolute atomic E-state index is 0.159. The molecule has 6 heterocycles. The first-order valence-corrected chi connectivity index (χ1v) is 14.3. The van der Waals surface area contributed by atoms with Crippen molar-refractivity contribution in [2.24, 2.45) is 10.9 Å². The van der Waals surface area contributed by atoms with Crippen LogP contribution in [0.2, 0.25) is 0 Å². The van der Waals surface area contributed by atoms with Crippen molar-refractivity contribution in [2.75, 3.05) is 13.1 Å². The first-order chi connectivity index (χ1) is 17.5. The Morgan fingerprint density at radius 1 is 1.27 bits per heavy atom. The number of fused-ring (bicyclic) bond motifs is 3. The molecule has 0 amide bonds. The largest absolute Gasteiger partial charge is 0.333 e. The number of hydrogen-bond acceptors (Lipinski definition) is 7. The topological polar surface area (TPSA) is 95.7 Å². The Morgan fingerprint density at radius 2 is 2.08 bits per heavy atom. The first-order valence-electron chi connectivity index (χ1n) is 12.0. The van der Waals surface area contributed by atoms with Gasteiger partial charge in [-0.15, -0.1) is 11.3 Å². The van der Waals surface area contributed by atoms with Crippen molar-refractivity contribution >= 4 is 33.0 Å². The van der Waals surface area contributed by atoms with E-state index in [4.69, 9.17) is 0 Å². The predicted octanol–water partition coefficient (Wildman–Crippen LogP) is 3.32. The summed E-state index contributed by atoms with van der Waals surface area (Å²) in [6.45, 7) is -0.549. The Hall–Kier alpha value is -2.36. The Morgan fingerprint density at radius 3 is 2.76 bits per heavy atom. The molecule has 1 N–H and O–H groups in total. The highest BCUT2D eigenvalue weighted by atomic mass is 32.2. The molecule has 3 saturated heterocycles. The minimum Gasteiger partial charge on any atom is -0.326 e. The lowest BCUT2D eigenvalue weighted by atomic mass is 9.99. The van der Waals surface area contributed by atoms with Crippen LogP contribution in [-0.4, -0.2) is 75.4 Å². The number of rotatable bonds is 6. The average Bonchev–Trinajstić information content (AvgIpc) is 3.58. The van der Waals surface area contributed by atoms with E-state index in [1.54, 1.807) is 11.6 Å². The summed E-state index contributed by atoms with van der Waals surface area (Å²) < 4.78 is 86.2. The molecule has 2 aromatic heterocycles. The predicted molar refractivity (Wildman–Crippen MR) is 128 cm³/mol. The molecule has 0 aromatic carbocycles. The number of nitrogens with zero attached hydrogens (tertiary/aromatic N) is 6. The van der Waals surface area contributed by atoms with Crippen LogP contribution >= 0.6 is 11.3 Å². The maximum Gasteiger partial charge on any atom is 0.333 e. The lowest BCUT2D eigenvalue weighted by Gasteiger charge is -2.38. The number of halogens is 4. The van der Waals surface area contributed by atoms with Crippen molar-refractivity contribution in [3.8, 4) is 0 Å².